The van der Waals surface area contributed by atoms with Gasteiger partial charge in [-0.25, -0.2) is 0 Å². The van der Waals surface area contributed by atoms with Crippen LogP contribution in [0.25, 0.3) is 0 Å². The van der Waals surface area contributed by atoms with Crippen LogP contribution in [0.5, 0.6) is 17.2 Å². The molecule has 0 fully saturated rings. The molecule has 112 valence electrons. The predicted octanol–water partition coefficient (Wildman–Crippen LogP) is 1.67. The predicted molar refractivity (Wildman–Crippen MR) is 74.3 cm³/mol. The van der Waals surface area contributed by atoms with Crippen LogP contribution < -0.4 is 19.9 Å². The van der Waals surface area contributed by atoms with Gasteiger partial charge in [-0.1, -0.05) is 0 Å². The van der Waals surface area contributed by atoms with Gasteiger partial charge in [0, 0.05) is 6.04 Å². The van der Waals surface area contributed by atoms with Gasteiger partial charge < -0.3 is 24.7 Å². The van der Waals surface area contributed by atoms with Gasteiger partial charge in [0.2, 0.25) is 5.75 Å². The van der Waals surface area contributed by atoms with Crippen molar-refractivity contribution in [3.05, 3.63) is 17.7 Å². The number of rotatable bonds is 7. The monoisotopic (exact) mass is 283 g/mol. The van der Waals surface area contributed by atoms with Crippen molar-refractivity contribution >= 4 is 5.97 Å². The Hall–Kier alpha value is -1.95. The van der Waals surface area contributed by atoms with E-state index in [4.69, 9.17) is 24.7 Å². The molecular weight excluding hydrogens is 262 g/mol. The Kier molecular flexibility index (Phi) is 6.11. The molecule has 2 N–H and O–H groups in total. The largest absolute Gasteiger partial charge is 0.493 e. The highest BCUT2D eigenvalue weighted by Crippen LogP contribution is 2.39. The summed E-state index contributed by atoms with van der Waals surface area (Å²) in [5.41, 5.74) is 6.73. The number of carbonyl (C=O) groups is 1. The molecule has 1 aromatic carbocycles. The summed E-state index contributed by atoms with van der Waals surface area (Å²) < 4.78 is 20.6. The minimum atomic E-state index is -0.497. The number of nitrogens with two attached hydrogens (primary N) is 1. The second kappa shape index (κ2) is 7.59. The maximum absolute atomic E-state index is 11.5. The molecule has 0 saturated carbocycles. The highest BCUT2D eigenvalue weighted by Gasteiger charge is 2.18. The fourth-order valence-electron chi connectivity index (χ4n) is 1.83. The Morgan fingerprint density at radius 3 is 2.10 bits per heavy atom. The fourth-order valence-corrected chi connectivity index (χ4v) is 1.83. The molecule has 0 aromatic heterocycles. The molecule has 0 bridgehead atoms. The summed E-state index contributed by atoms with van der Waals surface area (Å²) in [6.45, 7) is 2.09. The lowest BCUT2D eigenvalue weighted by atomic mass is 10.0. The van der Waals surface area contributed by atoms with Crippen LogP contribution in [-0.2, 0) is 9.53 Å². The smallest absolute Gasteiger partial charge is 0.307 e. The summed E-state index contributed by atoms with van der Waals surface area (Å²) >= 11 is 0. The van der Waals surface area contributed by atoms with Crippen LogP contribution in [0.3, 0.4) is 0 Å². The molecule has 6 heteroatoms. The number of hydrogen-bond acceptors (Lipinski definition) is 6. The zero-order chi connectivity index (χ0) is 15.1. The van der Waals surface area contributed by atoms with Crippen LogP contribution in [0.2, 0.25) is 0 Å². The van der Waals surface area contributed by atoms with Gasteiger partial charge >= 0.3 is 5.97 Å². The second-order valence-corrected chi connectivity index (χ2v) is 4.07. The van der Waals surface area contributed by atoms with Crippen molar-refractivity contribution in [3.8, 4) is 17.2 Å². The number of methoxy groups -OCH3 is 3. The molecule has 0 saturated heterocycles. The standard InChI is InChI=1S/C14H21NO5/c1-5-20-13(16)8-10(15)9-6-11(17-2)14(19-4)12(7-9)18-3/h6-7,10H,5,8,15H2,1-4H3/t10-/m0/s1. The van der Waals surface area contributed by atoms with Crippen molar-refractivity contribution in [1.82, 2.24) is 0 Å². The van der Waals surface area contributed by atoms with Crippen LogP contribution in [-0.4, -0.2) is 33.9 Å². The van der Waals surface area contributed by atoms with Gasteiger partial charge in [0.25, 0.3) is 0 Å². The van der Waals surface area contributed by atoms with E-state index >= 15 is 0 Å². The van der Waals surface area contributed by atoms with Crippen LogP contribution in [0.1, 0.15) is 24.9 Å². The van der Waals surface area contributed by atoms with Gasteiger partial charge in [-0.2, -0.15) is 0 Å². The number of hydrogen-bond donors (Lipinski definition) is 1. The van der Waals surface area contributed by atoms with Crippen molar-refractivity contribution in [2.75, 3.05) is 27.9 Å². The SMILES string of the molecule is CCOC(=O)C[C@H](N)c1cc(OC)c(OC)c(OC)c1. The first-order chi connectivity index (χ1) is 9.57. The third-order valence-electron chi connectivity index (χ3n) is 2.81. The second-order valence-electron chi connectivity index (χ2n) is 4.07. The zero-order valence-corrected chi connectivity index (χ0v) is 12.3. The van der Waals surface area contributed by atoms with Crippen LogP contribution >= 0.6 is 0 Å². The molecule has 0 spiro atoms. The average molecular weight is 283 g/mol. The summed E-state index contributed by atoms with van der Waals surface area (Å²) in [5.74, 6) is 1.15. The molecule has 1 atom stereocenters. The summed E-state index contributed by atoms with van der Waals surface area (Å²) in [6.07, 6.45) is 0.0898. The maximum Gasteiger partial charge on any atom is 0.307 e. The molecule has 20 heavy (non-hydrogen) atoms. The molecule has 0 radical (unpaired) electrons. The summed E-state index contributed by atoms with van der Waals surface area (Å²) in [7, 11) is 4.58. The third-order valence-corrected chi connectivity index (χ3v) is 2.81. The fraction of sp³-hybridized carbons (Fsp3) is 0.500. The Labute approximate surface area is 118 Å². The summed E-state index contributed by atoms with van der Waals surface area (Å²) in [6, 6.07) is 2.96. The molecular formula is C14H21NO5. The van der Waals surface area contributed by atoms with E-state index in [9.17, 15) is 4.79 Å². The van der Waals surface area contributed by atoms with Crippen molar-refractivity contribution in [3.63, 3.8) is 0 Å². The Morgan fingerprint density at radius 1 is 1.15 bits per heavy atom. The minimum Gasteiger partial charge on any atom is -0.493 e. The first-order valence-corrected chi connectivity index (χ1v) is 6.28. The Bertz CT molecular complexity index is 436. The van der Waals surface area contributed by atoms with E-state index in [-0.39, 0.29) is 12.4 Å². The Balaban J connectivity index is 3.03. The van der Waals surface area contributed by atoms with E-state index < -0.39 is 6.04 Å². The van der Waals surface area contributed by atoms with Gasteiger partial charge in [-0.15, -0.1) is 0 Å². The number of benzene rings is 1. The van der Waals surface area contributed by atoms with Crippen LogP contribution in [0.4, 0.5) is 0 Å². The van der Waals surface area contributed by atoms with Crippen molar-refractivity contribution < 1.29 is 23.7 Å². The highest BCUT2D eigenvalue weighted by molar-refractivity contribution is 5.70. The van der Waals surface area contributed by atoms with E-state index in [0.29, 0.717) is 29.4 Å². The maximum atomic E-state index is 11.5. The van der Waals surface area contributed by atoms with Crippen molar-refractivity contribution in [2.45, 2.75) is 19.4 Å². The molecule has 1 aromatic rings. The quantitative estimate of drug-likeness (QED) is 0.767. The number of carbonyl (C=O) groups excluding carboxylic acids is 1. The lowest BCUT2D eigenvalue weighted by Gasteiger charge is -2.17. The first-order valence-electron chi connectivity index (χ1n) is 6.28. The van der Waals surface area contributed by atoms with E-state index in [1.807, 2.05) is 0 Å². The number of esters is 1. The van der Waals surface area contributed by atoms with Gasteiger partial charge in [0.15, 0.2) is 11.5 Å². The normalized spacial score (nSPS) is 11.7. The van der Waals surface area contributed by atoms with E-state index in [1.54, 1.807) is 19.1 Å². The van der Waals surface area contributed by atoms with E-state index in [1.165, 1.54) is 21.3 Å². The zero-order valence-electron chi connectivity index (χ0n) is 12.3. The van der Waals surface area contributed by atoms with Gasteiger partial charge in [0.05, 0.1) is 34.4 Å². The van der Waals surface area contributed by atoms with Gasteiger partial charge in [0.1, 0.15) is 0 Å². The van der Waals surface area contributed by atoms with Crippen molar-refractivity contribution in [1.29, 1.82) is 0 Å². The topological polar surface area (TPSA) is 80.0 Å². The molecule has 0 aliphatic carbocycles. The lowest BCUT2D eigenvalue weighted by Crippen LogP contribution is -2.17. The van der Waals surface area contributed by atoms with Crippen LogP contribution in [0.15, 0.2) is 12.1 Å². The molecule has 1 rings (SSSR count). The molecule has 0 heterocycles. The van der Waals surface area contributed by atoms with E-state index in [2.05, 4.69) is 0 Å². The summed E-state index contributed by atoms with van der Waals surface area (Å²) in [4.78, 5) is 11.5. The third kappa shape index (κ3) is 3.77. The molecule has 6 nitrogen and oxygen atoms in total. The van der Waals surface area contributed by atoms with E-state index in [0.717, 1.165) is 0 Å². The average Bonchev–Trinajstić information content (AvgIpc) is 2.45. The lowest BCUT2D eigenvalue weighted by molar-refractivity contribution is -0.143. The molecule has 0 unspecified atom stereocenters. The highest BCUT2D eigenvalue weighted by atomic mass is 16.5. The first kappa shape index (κ1) is 16.1. The summed E-state index contributed by atoms with van der Waals surface area (Å²) in [5, 5.41) is 0. The molecule has 0 aliphatic rings. The molecule has 0 aliphatic heterocycles. The van der Waals surface area contributed by atoms with Gasteiger partial charge in [-0.3, -0.25) is 4.79 Å². The van der Waals surface area contributed by atoms with Crippen LogP contribution in [0, 0.1) is 0 Å². The number of ether oxygens (including phenoxy) is 4. The molecule has 0 amide bonds. The van der Waals surface area contributed by atoms with Crippen molar-refractivity contribution in [2.24, 2.45) is 5.73 Å². The van der Waals surface area contributed by atoms with Gasteiger partial charge in [-0.05, 0) is 24.6 Å². The Morgan fingerprint density at radius 2 is 1.70 bits per heavy atom. The minimum absolute atomic E-state index is 0.0898.